The molecule has 1 aliphatic rings. The van der Waals surface area contributed by atoms with Crippen LogP contribution in [0.3, 0.4) is 0 Å². The van der Waals surface area contributed by atoms with Gasteiger partial charge in [-0.05, 0) is 50.9 Å². The van der Waals surface area contributed by atoms with Crippen molar-refractivity contribution < 1.29 is 4.74 Å². The largest absolute Gasteiger partial charge is 0.476 e. The minimum absolute atomic E-state index is 0.574. The molecule has 19 heavy (non-hydrogen) atoms. The van der Waals surface area contributed by atoms with E-state index in [-0.39, 0.29) is 0 Å². The number of hydrogen-bond acceptors (Lipinski definition) is 5. The van der Waals surface area contributed by atoms with Gasteiger partial charge in [0.1, 0.15) is 5.82 Å². The van der Waals surface area contributed by atoms with E-state index in [2.05, 4.69) is 15.2 Å². The first-order valence-corrected chi connectivity index (χ1v) is 6.95. The lowest BCUT2D eigenvalue weighted by molar-refractivity contribution is 0.290. The highest BCUT2D eigenvalue weighted by Crippen LogP contribution is 2.31. The summed E-state index contributed by atoms with van der Waals surface area (Å²) in [5.74, 6) is 2.19. The Bertz CT molecular complexity index is 406. The number of ether oxygens (including phenoxy) is 1. The molecule has 0 aromatic carbocycles. The number of nitrogens with two attached hydrogens (primary N) is 1. The molecule has 1 aromatic heterocycles. The number of rotatable bonds is 8. The van der Waals surface area contributed by atoms with E-state index in [1.807, 2.05) is 26.2 Å². The van der Waals surface area contributed by atoms with Crippen molar-refractivity contribution in [3.05, 3.63) is 12.1 Å². The van der Waals surface area contributed by atoms with Crippen LogP contribution in [0.25, 0.3) is 0 Å². The predicted octanol–water partition coefficient (Wildman–Crippen LogP) is 1.50. The highest BCUT2D eigenvalue weighted by molar-refractivity contribution is 5.54. The summed E-state index contributed by atoms with van der Waals surface area (Å²) in [5.41, 5.74) is 6.52. The molecule has 0 saturated heterocycles. The maximum absolute atomic E-state index is 5.90. The molecule has 1 heterocycles. The van der Waals surface area contributed by atoms with E-state index in [9.17, 15) is 0 Å². The van der Waals surface area contributed by atoms with E-state index in [0.717, 1.165) is 31.9 Å². The van der Waals surface area contributed by atoms with Crippen molar-refractivity contribution in [3.63, 3.8) is 0 Å². The fourth-order valence-electron chi connectivity index (χ4n) is 1.86. The Kier molecular flexibility index (Phi) is 4.85. The Hall–Kier alpha value is -1.49. The van der Waals surface area contributed by atoms with E-state index < -0.39 is 0 Å². The molecule has 1 aliphatic carbocycles. The molecule has 1 fully saturated rings. The van der Waals surface area contributed by atoms with Crippen LogP contribution < -0.4 is 20.7 Å². The predicted molar refractivity (Wildman–Crippen MR) is 78.7 cm³/mol. The fraction of sp³-hybridized carbons (Fsp3) is 0.643. The molecule has 3 N–H and O–H groups in total. The van der Waals surface area contributed by atoms with Gasteiger partial charge in [0.2, 0.25) is 5.88 Å². The van der Waals surface area contributed by atoms with Crippen LogP contribution >= 0.6 is 0 Å². The van der Waals surface area contributed by atoms with Gasteiger partial charge in [-0.1, -0.05) is 0 Å². The number of aromatic nitrogens is 1. The summed E-state index contributed by atoms with van der Waals surface area (Å²) in [5, 5.41) is 3.14. The molecule has 0 aliphatic heterocycles. The number of pyridine rings is 1. The van der Waals surface area contributed by atoms with Crippen LogP contribution in [0.15, 0.2) is 12.1 Å². The molecule has 5 heteroatoms. The maximum Gasteiger partial charge on any atom is 0.239 e. The van der Waals surface area contributed by atoms with Crippen LogP contribution in [-0.2, 0) is 0 Å². The molecule has 0 atom stereocenters. The minimum Gasteiger partial charge on any atom is -0.476 e. The molecular formula is C14H24N4O. The van der Waals surface area contributed by atoms with Crippen molar-refractivity contribution >= 4 is 11.5 Å². The molecule has 106 valence electrons. The second kappa shape index (κ2) is 6.61. The van der Waals surface area contributed by atoms with E-state index in [4.69, 9.17) is 10.5 Å². The van der Waals surface area contributed by atoms with Crippen molar-refractivity contribution in [1.29, 1.82) is 0 Å². The molecule has 0 unspecified atom stereocenters. The normalized spacial score (nSPS) is 14.4. The summed E-state index contributed by atoms with van der Waals surface area (Å²) in [6.07, 6.45) is 3.62. The van der Waals surface area contributed by atoms with Gasteiger partial charge in [-0.2, -0.15) is 4.98 Å². The van der Waals surface area contributed by atoms with Crippen molar-refractivity contribution in [2.75, 3.05) is 44.4 Å². The summed E-state index contributed by atoms with van der Waals surface area (Å²) in [6.45, 7) is 2.70. The Morgan fingerprint density at radius 3 is 2.95 bits per heavy atom. The maximum atomic E-state index is 5.90. The van der Waals surface area contributed by atoms with Crippen LogP contribution in [0, 0.1) is 5.92 Å². The first-order valence-electron chi connectivity index (χ1n) is 6.95. The minimum atomic E-state index is 0.574. The van der Waals surface area contributed by atoms with Crippen molar-refractivity contribution in [1.82, 2.24) is 10.3 Å². The highest BCUT2D eigenvalue weighted by Gasteiger charge is 2.22. The number of hydrogen-bond donors (Lipinski definition) is 2. The third-order valence-corrected chi connectivity index (χ3v) is 3.34. The average Bonchev–Trinajstić information content (AvgIpc) is 3.22. The third-order valence-electron chi connectivity index (χ3n) is 3.34. The molecule has 1 saturated carbocycles. The van der Waals surface area contributed by atoms with Crippen molar-refractivity contribution in [3.8, 4) is 5.88 Å². The second-order valence-electron chi connectivity index (χ2n) is 5.20. The number of nitrogens with zero attached hydrogens (tertiary/aromatic N) is 2. The van der Waals surface area contributed by atoms with Crippen LogP contribution in [0.2, 0.25) is 0 Å². The lowest BCUT2D eigenvalue weighted by Gasteiger charge is -2.19. The zero-order valence-electron chi connectivity index (χ0n) is 11.9. The SMILES string of the molecule is CNCCCN(C)c1ccc(N)c(OCC2CC2)n1. The van der Waals surface area contributed by atoms with Gasteiger partial charge in [-0.25, -0.2) is 0 Å². The summed E-state index contributed by atoms with van der Waals surface area (Å²) in [4.78, 5) is 6.63. The quantitative estimate of drug-likeness (QED) is 0.697. The van der Waals surface area contributed by atoms with E-state index in [1.165, 1.54) is 12.8 Å². The molecule has 1 aromatic rings. The lowest BCUT2D eigenvalue weighted by Crippen LogP contribution is -2.23. The van der Waals surface area contributed by atoms with E-state index in [0.29, 0.717) is 17.5 Å². The standard InChI is InChI=1S/C14H24N4O/c1-16-8-3-9-18(2)13-7-6-12(15)14(17-13)19-10-11-4-5-11/h6-7,11,16H,3-5,8-10,15H2,1-2H3. The van der Waals surface area contributed by atoms with Gasteiger partial charge in [0.15, 0.2) is 0 Å². The van der Waals surface area contributed by atoms with Crippen LogP contribution in [-0.4, -0.2) is 38.8 Å². The monoisotopic (exact) mass is 264 g/mol. The average molecular weight is 264 g/mol. The molecule has 2 rings (SSSR count). The topological polar surface area (TPSA) is 63.4 Å². The smallest absolute Gasteiger partial charge is 0.239 e. The summed E-state index contributed by atoms with van der Waals surface area (Å²) in [7, 11) is 4.00. The third kappa shape index (κ3) is 4.28. The molecule has 0 amide bonds. The zero-order valence-corrected chi connectivity index (χ0v) is 11.9. The van der Waals surface area contributed by atoms with Crippen molar-refractivity contribution in [2.24, 2.45) is 5.92 Å². The zero-order chi connectivity index (χ0) is 13.7. The molecule has 0 spiro atoms. The first kappa shape index (κ1) is 13.9. The molecule has 0 bridgehead atoms. The lowest BCUT2D eigenvalue weighted by atomic mass is 10.3. The van der Waals surface area contributed by atoms with Gasteiger partial charge in [0, 0.05) is 13.6 Å². The molecule has 5 nitrogen and oxygen atoms in total. The number of nitrogen functional groups attached to an aromatic ring is 1. The Morgan fingerprint density at radius 1 is 1.47 bits per heavy atom. The van der Waals surface area contributed by atoms with Gasteiger partial charge >= 0.3 is 0 Å². The summed E-state index contributed by atoms with van der Waals surface area (Å²) in [6, 6.07) is 3.82. The number of nitrogens with one attached hydrogen (secondary N) is 1. The van der Waals surface area contributed by atoms with Gasteiger partial charge in [0.05, 0.1) is 12.3 Å². The summed E-state index contributed by atoms with van der Waals surface area (Å²) >= 11 is 0. The van der Waals surface area contributed by atoms with Gasteiger partial charge in [-0.3, -0.25) is 0 Å². The summed E-state index contributed by atoms with van der Waals surface area (Å²) < 4.78 is 5.70. The van der Waals surface area contributed by atoms with Crippen LogP contribution in [0.1, 0.15) is 19.3 Å². The van der Waals surface area contributed by atoms with E-state index in [1.54, 1.807) is 0 Å². The highest BCUT2D eigenvalue weighted by atomic mass is 16.5. The Labute approximate surface area is 115 Å². The molecular weight excluding hydrogens is 240 g/mol. The van der Waals surface area contributed by atoms with Crippen molar-refractivity contribution in [2.45, 2.75) is 19.3 Å². The second-order valence-corrected chi connectivity index (χ2v) is 5.20. The van der Waals surface area contributed by atoms with Crippen LogP contribution in [0.4, 0.5) is 11.5 Å². The first-order chi connectivity index (χ1) is 9.20. The van der Waals surface area contributed by atoms with E-state index >= 15 is 0 Å². The van der Waals surface area contributed by atoms with Gasteiger partial charge in [-0.15, -0.1) is 0 Å². The Morgan fingerprint density at radius 2 is 2.26 bits per heavy atom. The van der Waals surface area contributed by atoms with Crippen LogP contribution in [0.5, 0.6) is 5.88 Å². The van der Waals surface area contributed by atoms with Gasteiger partial charge < -0.3 is 20.7 Å². The van der Waals surface area contributed by atoms with Gasteiger partial charge in [0.25, 0.3) is 0 Å². The number of anilines is 2. The Balaban J connectivity index is 1.93. The molecule has 0 radical (unpaired) electrons. The fourth-order valence-corrected chi connectivity index (χ4v) is 1.86.